The highest BCUT2D eigenvalue weighted by Gasteiger charge is 2.22. The standard InChI is InChI=1S/C19H21F2N3O4/c1-9(2)16(27-4)14(8-15(22)17(20)21)13-7-11(5-6-12(13)19(25)26)18-24-23-10(3)28-18/h5-9,17H,22H2,1-4H3,(H,25,26)/b15-8-,16-14-. The summed E-state index contributed by atoms with van der Waals surface area (Å²) in [7, 11) is 1.38. The van der Waals surface area contributed by atoms with E-state index < -0.39 is 18.1 Å². The van der Waals surface area contributed by atoms with Crippen LogP contribution in [0.2, 0.25) is 0 Å². The first-order valence-corrected chi connectivity index (χ1v) is 8.37. The molecule has 0 bridgehead atoms. The fraction of sp³-hybridized carbons (Fsp3) is 0.316. The molecule has 0 saturated heterocycles. The van der Waals surface area contributed by atoms with Crippen molar-refractivity contribution in [1.82, 2.24) is 10.2 Å². The number of nitrogens with two attached hydrogens (primary N) is 1. The average molecular weight is 393 g/mol. The van der Waals surface area contributed by atoms with Crippen LogP contribution in [0.25, 0.3) is 17.0 Å². The number of hydrogen-bond acceptors (Lipinski definition) is 6. The summed E-state index contributed by atoms with van der Waals surface area (Å²) in [5.74, 6) is -0.646. The van der Waals surface area contributed by atoms with Gasteiger partial charge in [-0.3, -0.25) is 0 Å². The van der Waals surface area contributed by atoms with Crippen LogP contribution < -0.4 is 5.73 Å². The maximum atomic E-state index is 13.1. The Hall–Kier alpha value is -3.23. The molecule has 1 aromatic heterocycles. The number of aromatic nitrogens is 2. The van der Waals surface area contributed by atoms with Gasteiger partial charge >= 0.3 is 5.97 Å². The molecule has 0 saturated carbocycles. The van der Waals surface area contributed by atoms with Crippen LogP contribution in [0.15, 0.2) is 40.1 Å². The molecule has 0 aliphatic rings. The monoisotopic (exact) mass is 393 g/mol. The van der Waals surface area contributed by atoms with Gasteiger partial charge in [-0.25, -0.2) is 13.6 Å². The van der Waals surface area contributed by atoms with E-state index in [1.165, 1.54) is 25.3 Å². The largest absolute Gasteiger partial charge is 0.500 e. The van der Waals surface area contributed by atoms with Gasteiger partial charge in [-0.15, -0.1) is 10.2 Å². The molecule has 0 atom stereocenters. The van der Waals surface area contributed by atoms with Crippen LogP contribution in [0.4, 0.5) is 8.78 Å². The van der Waals surface area contributed by atoms with E-state index in [9.17, 15) is 18.7 Å². The van der Waals surface area contributed by atoms with Gasteiger partial charge in [0.15, 0.2) is 0 Å². The van der Waals surface area contributed by atoms with Gasteiger partial charge in [0.1, 0.15) is 5.76 Å². The van der Waals surface area contributed by atoms with Crippen molar-refractivity contribution < 1.29 is 27.8 Å². The minimum atomic E-state index is -2.91. The number of aromatic carboxylic acids is 1. The Morgan fingerprint density at radius 1 is 1.29 bits per heavy atom. The molecule has 1 heterocycles. The maximum absolute atomic E-state index is 13.1. The Morgan fingerprint density at radius 2 is 1.96 bits per heavy atom. The van der Waals surface area contributed by atoms with E-state index in [1.54, 1.807) is 20.8 Å². The number of carboxylic acid groups (broad SMARTS) is 1. The van der Waals surface area contributed by atoms with Crippen molar-refractivity contribution in [3.05, 3.63) is 52.7 Å². The second kappa shape index (κ2) is 8.64. The van der Waals surface area contributed by atoms with E-state index in [2.05, 4.69) is 10.2 Å². The number of carboxylic acids is 1. The molecule has 0 unspecified atom stereocenters. The third-order valence-electron chi connectivity index (χ3n) is 3.89. The lowest BCUT2D eigenvalue weighted by molar-refractivity contribution is 0.0696. The summed E-state index contributed by atoms with van der Waals surface area (Å²) in [4.78, 5) is 11.8. The average Bonchev–Trinajstić information content (AvgIpc) is 3.06. The minimum Gasteiger partial charge on any atom is -0.500 e. The van der Waals surface area contributed by atoms with Crippen molar-refractivity contribution in [2.45, 2.75) is 27.2 Å². The van der Waals surface area contributed by atoms with Gasteiger partial charge in [0.05, 0.1) is 18.4 Å². The molecular formula is C19H21F2N3O4. The van der Waals surface area contributed by atoms with Gasteiger partial charge in [0.25, 0.3) is 6.43 Å². The van der Waals surface area contributed by atoms with E-state index in [4.69, 9.17) is 14.9 Å². The Kier molecular flexibility index (Phi) is 6.50. The highest BCUT2D eigenvalue weighted by atomic mass is 19.3. The zero-order valence-electron chi connectivity index (χ0n) is 15.9. The first kappa shape index (κ1) is 21.1. The smallest absolute Gasteiger partial charge is 0.336 e. The number of benzene rings is 1. The van der Waals surface area contributed by atoms with Gasteiger partial charge < -0.3 is 20.0 Å². The Bertz CT molecular complexity index is 933. The Morgan fingerprint density at radius 3 is 2.43 bits per heavy atom. The number of hydrogen-bond donors (Lipinski definition) is 2. The van der Waals surface area contributed by atoms with Gasteiger partial charge in [-0.1, -0.05) is 13.8 Å². The number of methoxy groups -OCH3 is 1. The van der Waals surface area contributed by atoms with Crippen molar-refractivity contribution >= 4 is 11.5 Å². The van der Waals surface area contributed by atoms with Crippen LogP contribution in [0.3, 0.4) is 0 Å². The van der Waals surface area contributed by atoms with Crippen molar-refractivity contribution in [2.24, 2.45) is 11.7 Å². The third kappa shape index (κ3) is 4.54. The van der Waals surface area contributed by atoms with E-state index in [0.29, 0.717) is 17.2 Å². The number of aryl methyl sites for hydroxylation is 1. The summed E-state index contributed by atoms with van der Waals surface area (Å²) >= 11 is 0. The topological polar surface area (TPSA) is 111 Å². The minimum absolute atomic E-state index is 0.108. The lowest BCUT2D eigenvalue weighted by Crippen LogP contribution is -2.11. The zero-order chi connectivity index (χ0) is 21.0. The molecule has 2 rings (SSSR count). The lowest BCUT2D eigenvalue weighted by Gasteiger charge is -2.18. The van der Waals surface area contributed by atoms with E-state index in [-0.39, 0.29) is 28.5 Å². The van der Waals surface area contributed by atoms with Crippen molar-refractivity contribution in [3.8, 4) is 11.5 Å². The molecule has 1 aromatic carbocycles. The van der Waals surface area contributed by atoms with Crippen LogP contribution in [0, 0.1) is 12.8 Å². The summed E-state index contributed by atoms with van der Waals surface area (Å²) in [6.07, 6.45) is -1.87. The molecule has 7 nitrogen and oxygen atoms in total. The summed E-state index contributed by atoms with van der Waals surface area (Å²) in [5, 5.41) is 17.3. The predicted octanol–water partition coefficient (Wildman–Crippen LogP) is 3.86. The lowest BCUT2D eigenvalue weighted by atomic mass is 9.92. The van der Waals surface area contributed by atoms with Gasteiger partial charge in [-0.2, -0.15) is 0 Å². The van der Waals surface area contributed by atoms with Crippen molar-refractivity contribution in [3.63, 3.8) is 0 Å². The zero-order valence-corrected chi connectivity index (χ0v) is 15.9. The molecule has 0 amide bonds. The number of halogens is 2. The summed E-state index contributed by atoms with van der Waals surface area (Å²) < 4.78 is 36.9. The number of ether oxygens (including phenoxy) is 1. The van der Waals surface area contributed by atoms with Crippen molar-refractivity contribution in [1.29, 1.82) is 0 Å². The summed E-state index contributed by atoms with van der Waals surface area (Å²) in [6, 6.07) is 4.31. The molecule has 150 valence electrons. The molecule has 3 N–H and O–H groups in total. The van der Waals surface area contributed by atoms with Crippen LogP contribution in [0.5, 0.6) is 0 Å². The Labute approximate surface area is 160 Å². The molecule has 0 aliphatic heterocycles. The third-order valence-corrected chi connectivity index (χ3v) is 3.89. The second-order valence-electron chi connectivity index (χ2n) is 6.27. The van der Waals surface area contributed by atoms with Crippen molar-refractivity contribution in [2.75, 3.05) is 7.11 Å². The molecule has 9 heteroatoms. The highest BCUT2D eigenvalue weighted by Crippen LogP contribution is 2.32. The normalized spacial score (nSPS) is 13.1. The number of rotatable bonds is 7. The molecule has 0 aliphatic carbocycles. The first-order valence-electron chi connectivity index (χ1n) is 8.37. The maximum Gasteiger partial charge on any atom is 0.336 e. The van der Waals surface area contributed by atoms with Crippen LogP contribution in [-0.2, 0) is 4.74 Å². The highest BCUT2D eigenvalue weighted by molar-refractivity contribution is 5.97. The van der Waals surface area contributed by atoms with Gasteiger partial charge in [-0.05, 0) is 24.3 Å². The van der Waals surface area contributed by atoms with Gasteiger partial charge in [0.2, 0.25) is 11.8 Å². The van der Waals surface area contributed by atoms with Crippen LogP contribution in [0.1, 0.15) is 35.7 Å². The molecule has 28 heavy (non-hydrogen) atoms. The molecule has 0 spiro atoms. The SMILES string of the molecule is CO/C(=C(/C=C(\N)C(F)F)c1cc(-c2nnc(C)o2)ccc1C(=O)O)C(C)C. The summed E-state index contributed by atoms with van der Waals surface area (Å²) in [6.45, 7) is 5.19. The van der Waals surface area contributed by atoms with Crippen LogP contribution >= 0.6 is 0 Å². The quantitative estimate of drug-likeness (QED) is 0.542. The molecular weight excluding hydrogens is 372 g/mol. The summed E-state index contributed by atoms with van der Waals surface area (Å²) in [5.41, 5.74) is 5.37. The number of alkyl halides is 2. The van der Waals surface area contributed by atoms with Gasteiger partial charge in [0, 0.05) is 29.5 Å². The number of allylic oxidation sites excluding steroid dienone is 4. The number of nitrogens with zero attached hydrogens (tertiary/aromatic N) is 2. The molecule has 0 radical (unpaired) electrons. The number of carbonyl (C=O) groups is 1. The second-order valence-corrected chi connectivity index (χ2v) is 6.27. The first-order chi connectivity index (χ1) is 13.1. The van der Waals surface area contributed by atoms with Crippen LogP contribution in [-0.4, -0.2) is 34.8 Å². The van der Waals surface area contributed by atoms with E-state index in [0.717, 1.165) is 6.08 Å². The fourth-order valence-electron chi connectivity index (χ4n) is 2.67. The molecule has 2 aromatic rings. The van der Waals surface area contributed by atoms with E-state index in [1.807, 2.05) is 0 Å². The molecule has 0 fully saturated rings. The van der Waals surface area contributed by atoms with E-state index >= 15 is 0 Å². The Balaban J connectivity index is 2.83. The predicted molar refractivity (Wildman–Crippen MR) is 98.5 cm³/mol. The fourth-order valence-corrected chi connectivity index (χ4v) is 2.67.